The second kappa shape index (κ2) is 7.29. The van der Waals surface area contributed by atoms with E-state index in [0.717, 1.165) is 16.6 Å². The van der Waals surface area contributed by atoms with Crippen molar-refractivity contribution in [2.24, 2.45) is 5.73 Å². The molecule has 0 saturated carbocycles. The highest BCUT2D eigenvalue weighted by atomic mass is 79.9. The lowest BCUT2D eigenvalue weighted by Crippen LogP contribution is -2.19. The molecule has 0 aliphatic heterocycles. The van der Waals surface area contributed by atoms with Gasteiger partial charge in [0.25, 0.3) is 0 Å². The maximum absolute atomic E-state index is 5.89. The molecule has 0 radical (unpaired) electrons. The van der Waals surface area contributed by atoms with Gasteiger partial charge in [0.15, 0.2) is 0 Å². The fraction of sp³-hybridized carbons (Fsp3) is 0.538. The molecule has 1 atom stereocenters. The maximum Gasteiger partial charge on any atom is 0.0375 e. The molecule has 0 bridgehead atoms. The van der Waals surface area contributed by atoms with Gasteiger partial charge in [-0.15, -0.1) is 0 Å². The van der Waals surface area contributed by atoms with Crippen LogP contribution in [0, 0.1) is 0 Å². The molecule has 17 heavy (non-hydrogen) atoms. The molecule has 0 amide bonds. The molecule has 0 aliphatic rings. The molecular formula is C13H21BrN2S. The van der Waals surface area contributed by atoms with Crippen molar-refractivity contribution in [2.75, 3.05) is 30.5 Å². The molecule has 4 heteroatoms. The van der Waals surface area contributed by atoms with E-state index in [-0.39, 0.29) is 6.04 Å². The van der Waals surface area contributed by atoms with E-state index in [0.29, 0.717) is 0 Å². The Morgan fingerprint density at radius 3 is 2.71 bits per heavy atom. The number of benzene rings is 1. The first-order valence-electron chi connectivity index (χ1n) is 5.81. The summed E-state index contributed by atoms with van der Waals surface area (Å²) >= 11 is 5.48. The number of halogens is 1. The van der Waals surface area contributed by atoms with Gasteiger partial charge in [0.05, 0.1) is 0 Å². The summed E-state index contributed by atoms with van der Waals surface area (Å²) in [5.74, 6) is 1.21. The smallest absolute Gasteiger partial charge is 0.0375 e. The second-order valence-electron chi connectivity index (χ2n) is 4.26. The molecule has 0 aliphatic carbocycles. The Kier molecular flexibility index (Phi) is 6.38. The predicted molar refractivity (Wildman–Crippen MR) is 83.0 cm³/mol. The molecule has 2 nitrogen and oxygen atoms in total. The molecule has 2 N–H and O–H groups in total. The summed E-state index contributed by atoms with van der Waals surface area (Å²) in [5, 5.41) is 0. The highest BCUT2D eigenvalue weighted by molar-refractivity contribution is 9.10. The molecule has 0 unspecified atom stereocenters. The van der Waals surface area contributed by atoms with Crippen molar-refractivity contribution < 1.29 is 0 Å². The predicted octanol–water partition coefficient (Wildman–Crippen LogP) is 3.66. The Morgan fingerprint density at radius 2 is 2.18 bits per heavy atom. The minimum atomic E-state index is 0.0697. The first-order chi connectivity index (χ1) is 8.06. The van der Waals surface area contributed by atoms with E-state index < -0.39 is 0 Å². The number of nitrogens with zero attached hydrogens (tertiary/aromatic N) is 1. The Morgan fingerprint density at radius 1 is 1.47 bits per heavy atom. The molecule has 0 heterocycles. The molecule has 0 saturated heterocycles. The van der Waals surface area contributed by atoms with Crippen LogP contribution >= 0.6 is 27.7 Å². The van der Waals surface area contributed by atoms with Gasteiger partial charge in [-0.3, -0.25) is 0 Å². The van der Waals surface area contributed by atoms with Gasteiger partial charge in [-0.05, 0) is 43.0 Å². The first-order valence-corrected chi connectivity index (χ1v) is 8.00. The molecule has 1 aromatic rings. The van der Waals surface area contributed by atoms with Crippen LogP contribution in [0.3, 0.4) is 0 Å². The summed E-state index contributed by atoms with van der Waals surface area (Å²) in [6.45, 7) is 3.09. The van der Waals surface area contributed by atoms with E-state index in [4.69, 9.17) is 5.73 Å². The van der Waals surface area contributed by atoms with Crippen molar-refractivity contribution in [2.45, 2.75) is 19.4 Å². The van der Waals surface area contributed by atoms with E-state index in [1.807, 2.05) is 18.7 Å². The maximum atomic E-state index is 5.89. The quantitative estimate of drug-likeness (QED) is 0.812. The lowest BCUT2D eigenvalue weighted by atomic mass is 10.1. The van der Waals surface area contributed by atoms with Gasteiger partial charge in [-0.1, -0.05) is 22.0 Å². The third-order valence-electron chi connectivity index (χ3n) is 2.76. The standard InChI is InChI=1S/C13H21BrN2S/c1-10(15)12-6-5-11(9-13(12)14)16(2)7-4-8-17-3/h5-6,9-10H,4,7-8,15H2,1-3H3/t10-/m1/s1. The van der Waals surface area contributed by atoms with Crippen molar-refractivity contribution in [3.8, 4) is 0 Å². The largest absolute Gasteiger partial charge is 0.375 e. The molecule has 1 rings (SSSR count). The van der Waals surface area contributed by atoms with Crippen LogP contribution in [0.1, 0.15) is 24.9 Å². The van der Waals surface area contributed by atoms with Crippen molar-refractivity contribution >= 4 is 33.4 Å². The fourth-order valence-electron chi connectivity index (χ4n) is 1.70. The van der Waals surface area contributed by atoms with Gasteiger partial charge in [0.2, 0.25) is 0 Å². The average Bonchev–Trinajstić information content (AvgIpc) is 2.28. The van der Waals surface area contributed by atoms with Crippen molar-refractivity contribution in [1.29, 1.82) is 0 Å². The third-order valence-corrected chi connectivity index (χ3v) is 4.14. The second-order valence-corrected chi connectivity index (χ2v) is 6.10. The number of anilines is 1. The van der Waals surface area contributed by atoms with Crippen LogP contribution in [-0.2, 0) is 0 Å². The van der Waals surface area contributed by atoms with Crippen molar-refractivity contribution in [3.05, 3.63) is 28.2 Å². The van der Waals surface area contributed by atoms with Crippen molar-refractivity contribution in [1.82, 2.24) is 0 Å². The Bertz CT molecular complexity index is 355. The van der Waals surface area contributed by atoms with Crippen LogP contribution in [0.5, 0.6) is 0 Å². The van der Waals surface area contributed by atoms with Crippen LogP contribution in [-0.4, -0.2) is 25.6 Å². The number of nitrogens with two attached hydrogens (primary N) is 1. The third kappa shape index (κ3) is 4.53. The SMILES string of the molecule is CSCCCN(C)c1ccc([C@@H](C)N)c(Br)c1. The zero-order chi connectivity index (χ0) is 12.8. The summed E-state index contributed by atoms with van der Waals surface area (Å²) in [5.41, 5.74) is 8.29. The molecule has 0 aromatic heterocycles. The number of rotatable bonds is 6. The summed E-state index contributed by atoms with van der Waals surface area (Å²) in [7, 11) is 2.13. The van der Waals surface area contributed by atoms with Crippen LogP contribution in [0.4, 0.5) is 5.69 Å². The molecule has 96 valence electrons. The average molecular weight is 317 g/mol. The Labute approximate surface area is 117 Å². The minimum absolute atomic E-state index is 0.0697. The summed E-state index contributed by atoms with van der Waals surface area (Å²) in [6, 6.07) is 6.47. The van der Waals surface area contributed by atoms with Gasteiger partial charge in [0.1, 0.15) is 0 Å². The summed E-state index contributed by atoms with van der Waals surface area (Å²) in [4.78, 5) is 2.28. The molecule has 1 aromatic carbocycles. The summed E-state index contributed by atoms with van der Waals surface area (Å²) in [6.07, 6.45) is 3.36. The molecule has 0 spiro atoms. The zero-order valence-electron chi connectivity index (χ0n) is 10.7. The molecule has 0 fully saturated rings. The van der Waals surface area contributed by atoms with Gasteiger partial charge in [0, 0.05) is 29.8 Å². The minimum Gasteiger partial charge on any atom is -0.375 e. The van der Waals surface area contributed by atoms with E-state index in [1.165, 1.54) is 17.9 Å². The highest BCUT2D eigenvalue weighted by Crippen LogP contribution is 2.27. The first kappa shape index (κ1) is 14.9. The van der Waals surface area contributed by atoms with Crippen LogP contribution in [0.15, 0.2) is 22.7 Å². The zero-order valence-corrected chi connectivity index (χ0v) is 13.1. The van der Waals surface area contributed by atoms with Gasteiger partial charge in [-0.25, -0.2) is 0 Å². The highest BCUT2D eigenvalue weighted by Gasteiger charge is 2.07. The van der Waals surface area contributed by atoms with E-state index in [2.05, 4.69) is 52.3 Å². The fourth-order valence-corrected chi connectivity index (χ4v) is 2.84. The Hall–Kier alpha value is -0.190. The summed E-state index contributed by atoms with van der Waals surface area (Å²) < 4.78 is 1.10. The van der Waals surface area contributed by atoms with Gasteiger partial charge < -0.3 is 10.6 Å². The normalized spacial score (nSPS) is 12.5. The van der Waals surface area contributed by atoms with Crippen LogP contribution in [0.2, 0.25) is 0 Å². The number of hydrogen-bond donors (Lipinski definition) is 1. The van der Waals surface area contributed by atoms with Gasteiger partial charge in [-0.2, -0.15) is 11.8 Å². The van der Waals surface area contributed by atoms with Crippen LogP contribution in [0.25, 0.3) is 0 Å². The monoisotopic (exact) mass is 316 g/mol. The van der Waals surface area contributed by atoms with E-state index in [1.54, 1.807) is 0 Å². The number of hydrogen-bond acceptors (Lipinski definition) is 3. The van der Waals surface area contributed by atoms with Crippen molar-refractivity contribution in [3.63, 3.8) is 0 Å². The lowest BCUT2D eigenvalue weighted by Gasteiger charge is -2.20. The lowest BCUT2D eigenvalue weighted by molar-refractivity contribution is 0.810. The molecular weight excluding hydrogens is 296 g/mol. The van der Waals surface area contributed by atoms with Gasteiger partial charge >= 0.3 is 0 Å². The Balaban J connectivity index is 2.69. The van der Waals surface area contributed by atoms with Crippen LogP contribution < -0.4 is 10.6 Å². The van der Waals surface area contributed by atoms with E-state index in [9.17, 15) is 0 Å². The van der Waals surface area contributed by atoms with E-state index >= 15 is 0 Å². The number of thioether (sulfide) groups is 1. The topological polar surface area (TPSA) is 29.3 Å².